The van der Waals surface area contributed by atoms with Crippen molar-refractivity contribution in [1.29, 1.82) is 0 Å². The number of benzene rings is 3. The lowest BCUT2D eigenvalue weighted by atomic mass is 10.1. The Kier molecular flexibility index (Phi) is 6.39. The second-order valence-corrected chi connectivity index (χ2v) is 9.29. The zero-order chi connectivity index (χ0) is 23.4. The molecule has 1 heterocycles. The number of primary sulfonamides is 1. The molecule has 33 heavy (non-hydrogen) atoms. The van der Waals surface area contributed by atoms with E-state index in [9.17, 15) is 13.2 Å². The highest BCUT2D eigenvalue weighted by molar-refractivity contribution is 7.89. The Morgan fingerprint density at radius 3 is 2.27 bits per heavy atom. The first-order valence-electron chi connectivity index (χ1n) is 10.4. The molecule has 7 nitrogen and oxygen atoms in total. The van der Waals surface area contributed by atoms with Crippen molar-refractivity contribution in [2.75, 3.05) is 6.54 Å². The summed E-state index contributed by atoms with van der Waals surface area (Å²) in [5.41, 5.74) is 4.82. The first kappa shape index (κ1) is 22.4. The van der Waals surface area contributed by atoms with E-state index in [1.165, 1.54) is 12.1 Å². The van der Waals surface area contributed by atoms with Crippen molar-refractivity contribution in [2.24, 2.45) is 5.14 Å². The number of carbonyl (C=O) groups is 1. The number of sulfonamides is 1. The van der Waals surface area contributed by atoms with E-state index in [2.05, 4.69) is 10.4 Å². The van der Waals surface area contributed by atoms with Gasteiger partial charge in [-0.2, -0.15) is 5.10 Å². The lowest BCUT2D eigenvalue weighted by Gasteiger charge is -2.07. The van der Waals surface area contributed by atoms with Crippen LogP contribution in [0.5, 0.6) is 0 Å². The second kappa shape index (κ2) is 9.40. The molecule has 168 valence electrons. The Balaban J connectivity index is 1.53. The van der Waals surface area contributed by atoms with Crippen LogP contribution in [0.1, 0.15) is 21.5 Å². The van der Waals surface area contributed by atoms with Gasteiger partial charge < -0.3 is 5.32 Å². The lowest BCUT2D eigenvalue weighted by molar-refractivity contribution is 0.0954. The normalized spacial score (nSPS) is 11.3. The monoisotopic (exact) mass is 460 g/mol. The molecule has 0 aliphatic rings. The number of aromatic nitrogens is 2. The largest absolute Gasteiger partial charge is 0.352 e. The van der Waals surface area contributed by atoms with Gasteiger partial charge in [0.25, 0.3) is 5.91 Å². The first-order valence-corrected chi connectivity index (χ1v) is 12.0. The number of hydrogen-bond acceptors (Lipinski definition) is 4. The molecule has 1 amide bonds. The molecule has 3 N–H and O–H groups in total. The number of nitrogens with one attached hydrogen (secondary N) is 1. The molecule has 4 rings (SSSR count). The van der Waals surface area contributed by atoms with Gasteiger partial charge in [0.15, 0.2) is 0 Å². The van der Waals surface area contributed by atoms with Crippen LogP contribution in [0.3, 0.4) is 0 Å². The minimum Gasteiger partial charge on any atom is -0.352 e. The molecule has 1 aromatic heterocycles. The Bertz CT molecular complexity index is 1360. The molecule has 0 bridgehead atoms. The third-order valence-corrected chi connectivity index (χ3v) is 6.18. The predicted octanol–water partition coefficient (Wildman–Crippen LogP) is 3.47. The summed E-state index contributed by atoms with van der Waals surface area (Å²) in [7, 11) is -3.72. The maximum absolute atomic E-state index is 13.1. The van der Waals surface area contributed by atoms with Crippen molar-refractivity contribution >= 4 is 15.9 Å². The number of para-hydroxylation sites is 1. The maximum atomic E-state index is 13.1. The van der Waals surface area contributed by atoms with E-state index in [0.717, 1.165) is 22.4 Å². The molecule has 0 saturated carbocycles. The lowest BCUT2D eigenvalue weighted by Crippen LogP contribution is -2.26. The van der Waals surface area contributed by atoms with Gasteiger partial charge in [0.2, 0.25) is 10.0 Å². The maximum Gasteiger partial charge on any atom is 0.255 e. The van der Waals surface area contributed by atoms with Crippen molar-refractivity contribution in [1.82, 2.24) is 15.1 Å². The molecule has 3 aromatic carbocycles. The minimum absolute atomic E-state index is 0.0614. The average molecular weight is 461 g/mol. The predicted molar refractivity (Wildman–Crippen MR) is 128 cm³/mol. The summed E-state index contributed by atoms with van der Waals surface area (Å²) in [4.78, 5) is 13.1. The molecular formula is C25H24N4O3S. The topological polar surface area (TPSA) is 107 Å². The number of nitrogens with zero attached hydrogens (tertiary/aromatic N) is 2. The standard InChI is InChI=1S/C25H24N4O3S/c1-18-7-11-20(12-8-18)24-23(17-29(28-24)21-5-3-2-4-6-21)25(30)27-16-15-19-9-13-22(14-10-19)33(26,31)32/h2-14,17H,15-16H2,1H3,(H,27,30)(H2,26,31,32). The highest BCUT2D eigenvalue weighted by Gasteiger charge is 2.18. The van der Waals surface area contributed by atoms with Crippen molar-refractivity contribution < 1.29 is 13.2 Å². The molecule has 0 aliphatic carbocycles. The zero-order valence-electron chi connectivity index (χ0n) is 18.1. The van der Waals surface area contributed by atoms with E-state index in [1.54, 1.807) is 23.0 Å². The van der Waals surface area contributed by atoms with Crippen LogP contribution < -0.4 is 10.5 Å². The highest BCUT2D eigenvalue weighted by atomic mass is 32.2. The van der Waals surface area contributed by atoms with Gasteiger partial charge in [-0.1, -0.05) is 60.2 Å². The number of aryl methyl sites for hydroxylation is 1. The third kappa shape index (κ3) is 5.36. The van der Waals surface area contributed by atoms with Gasteiger partial charge in [0.1, 0.15) is 5.69 Å². The van der Waals surface area contributed by atoms with Gasteiger partial charge >= 0.3 is 0 Å². The van der Waals surface area contributed by atoms with Crippen LogP contribution in [-0.4, -0.2) is 30.7 Å². The fourth-order valence-electron chi connectivity index (χ4n) is 3.44. The average Bonchev–Trinajstić information content (AvgIpc) is 3.25. The molecule has 0 spiro atoms. The van der Waals surface area contributed by atoms with Crippen molar-refractivity contribution in [2.45, 2.75) is 18.2 Å². The molecule has 0 fully saturated rings. The quantitative estimate of drug-likeness (QED) is 0.440. The number of rotatable bonds is 7. The van der Waals surface area contributed by atoms with Gasteiger partial charge in [-0.25, -0.2) is 18.2 Å². The van der Waals surface area contributed by atoms with Crippen LogP contribution in [0.4, 0.5) is 0 Å². The van der Waals surface area contributed by atoms with Crippen LogP contribution in [0.15, 0.2) is 90.0 Å². The Morgan fingerprint density at radius 2 is 1.64 bits per heavy atom. The number of nitrogens with two attached hydrogens (primary N) is 1. The van der Waals surface area contributed by atoms with E-state index in [-0.39, 0.29) is 10.8 Å². The van der Waals surface area contributed by atoms with Gasteiger partial charge in [-0.15, -0.1) is 0 Å². The molecule has 0 aliphatic heterocycles. The van der Waals surface area contributed by atoms with Crippen LogP contribution >= 0.6 is 0 Å². The molecule has 0 atom stereocenters. The SMILES string of the molecule is Cc1ccc(-c2nn(-c3ccccc3)cc2C(=O)NCCc2ccc(S(N)(=O)=O)cc2)cc1. The highest BCUT2D eigenvalue weighted by Crippen LogP contribution is 2.24. The smallest absolute Gasteiger partial charge is 0.255 e. The van der Waals surface area contributed by atoms with Crippen molar-refractivity contribution in [3.63, 3.8) is 0 Å². The molecule has 0 saturated heterocycles. The van der Waals surface area contributed by atoms with Crippen LogP contribution in [-0.2, 0) is 16.4 Å². The Hall–Kier alpha value is -3.75. The number of carbonyl (C=O) groups excluding carboxylic acids is 1. The summed E-state index contributed by atoms with van der Waals surface area (Å²) < 4.78 is 24.5. The number of amides is 1. The Labute approximate surface area is 192 Å². The minimum atomic E-state index is -3.72. The molecule has 8 heteroatoms. The molecule has 4 aromatic rings. The molecule has 0 unspecified atom stereocenters. The van der Waals surface area contributed by atoms with Gasteiger partial charge in [0.05, 0.1) is 16.1 Å². The van der Waals surface area contributed by atoms with Crippen molar-refractivity contribution in [3.05, 3.63) is 102 Å². The van der Waals surface area contributed by atoms with Crippen LogP contribution in [0.2, 0.25) is 0 Å². The summed E-state index contributed by atoms with van der Waals surface area (Å²) in [5.74, 6) is -0.228. The summed E-state index contributed by atoms with van der Waals surface area (Å²) >= 11 is 0. The van der Waals surface area contributed by atoms with E-state index in [4.69, 9.17) is 5.14 Å². The fraction of sp³-hybridized carbons (Fsp3) is 0.120. The summed E-state index contributed by atoms with van der Waals surface area (Å²) in [6, 6.07) is 23.8. The molecule has 0 radical (unpaired) electrons. The zero-order valence-corrected chi connectivity index (χ0v) is 18.9. The summed E-state index contributed by atoms with van der Waals surface area (Å²) in [6.07, 6.45) is 2.28. The van der Waals surface area contributed by atoms with E-state index >= 15 is 0 Å². The van der Waals surface area contributed by atoms with E-state index in [0.29, 0.717) is 24.2 Å². The van der Waals surface area contributed by atoms with E-state index < -0.39 is 10.0 Å². The first-order chi connectivity index (χ1) is 15.8. The van der Waals surface area contributed by atoms with Crippen molar-refractivity contribution in [3.8, 4) is 16.9 Å². The second-order valence-electron chi connectivity index (χ2n) is 7.73. The van der Waals surface area contributed by atoms with E-state index in [1.807, 2.05) is 61.5 Å². The van der Waals surface area contributed by atoms with Gasteiger partial charge in [-0.05, 0) is 43.2 Å². The molecular weight excluding hydrogens is 436 g/mol. The van der Waals surface area contributed by atoms with Gasteiger partial charge in [0, 0.05) is 18.3 Å². The third-order valence-electron chi connectivity index (χ3n) is 5.26. The van der Waals surface area contributed by atoms with Crippen LogP contribution in [0.25, 0.3) is 16.9 Å². The Morgan fingerprint density at radius 1 is 0.970 bits per heavy atom. The van der Waals surface area contributed by atoms with Gasteiger partial charge in [-0.3, -0.25) is 4.79 Å². The summed E-state index contributed by atoms with van der Waals surface area (Å²) in [5, 5.41) is 12.8. The summed E-state index contributed by atoms with van der Waals surface area (Å²) in [6.45, 7) is 2.40. The van der Waals surface area contributed by atoms with Crippen LogP contribution in [0, 0.1) is 6.92 Å². The fourth-order valence-corrected chi connectivity index (χ4v) is 3.95. The number of hydrogen-bond donors (Lipinski definition) is 2.